The molecule has 0 N–H and O–H groups in total. The van der Waals surface area contributed by atoms with Gasteiger partial charge in [-0.25, -0.2) is 4.98 Å². The topological polar surface area (TPSA) is 22.1 Å². The normalized spacial score (nSPS) is 12.6. The summed E-state index contributed by atoms with van der Waals surface area (Å²) in [6.07, 6.45) is -1.72. The highest BCUT2D eigenvalue weighted by molar-refractivity contribution is 5.59. The van der Waals surface area contributed by atoms with Crippen molar-refractivity contribution in [3.05, 3.63) is 84.1 Å². The van der Waals surface area contributed by atoms with E-state index in [0.29, 0.717) is 11.3 Å². The Morgan fingerprint density at radius 2 is 1.61 bits per heavy atom. The molecule has 28 heavy (non-hydrogen) atoms. The number of rotatable bonds is 7. The zero-order valence-electron chi connectivity index (χ0n) is 15.6. The third-order valence-electron chi connectivity index (χ3n) is 4.45. The SMILES string of the molecule is CCCC[C@H](Oc1ccccc1)c1cccc(-c2ccc(C(F)(F)F)cc2)n1. The average molecular weight is 385 g/mol. The molecule has 1 heterocycles. The summed E-state index contributed by atoms with van der Waals surface area (Å²) in [6, 6.07) is 20.2. The monoisotopic (exact) mass is 385 g/mol. The van der Waals surface area contributed by atoms with Crippen molar-refractivity contribution in [3.63, 3.8) is 0 Å². The number of unbranched alkanes of at least 4 members (excludes halogenated alkanes) is 1. The van der Waals surface area contributed by atoms with Gasteiger partial charge in [0, 0.05) is 5.56 Å². The first-order valence-corrected chi connectivity index (χ1v) is 9.33. The standard InChI is InChI=1S/C23H22F3NO/c1-2-3-12-22(28-19-8-5-4-6-9-19)21-11-7-10-20(27-21)17-13-15-18(16-14-17)23(24,25)26/h4-11,13-16,22H,2-3,12H2,1H3/t22-/m0/s1. The fourth-order valence-corrected chi connectivity index (χ4v) is 2.94. The fourth-order valence-electron chi connectivity index (χ4n) is 2.94. The Kier molecular flexibility index (Phi) is 6.34. The van der Waals surface area contributed by atoms with Crippen LogP contribution in [-0.2, 0) is 6.18 Å². The summed E-state index contributed by atoms with van der Waals surface area (Å²) >= 11 is 0. The molecule has 5 heteroatoms. The predicted molar refractivity (Wildman–Crippen MR) is 104 cm³/mol. The molecule has 0 aliphatic carbocycles. The van der Waals surface area contributed by atoms with Crippen LogP contribution in [0.3, 0.4) is 0 Å². The quantitative estimate of drug-likeness (QED) is 0.434. The smallest absolute Gasteiger partial charge is 0.416 e. The van der Waals surface area contributed by atoms with Gasteiger partial charge in [-0.15, -0.1) is 0 Å². The van der Waals surface area contributed by atoms with Crippen molar-refractivity contribution in [2.45, 2.75) is 38.5 Å². The molecule has 0 fully saturated rings. The van der Waals surface area contributed by atoms with Gasteiger partial charge in [-0.05, 0) is 49.2 Å². The van der Waals surface area contributed by atoms with Crippen molar-refractivity contribution in [2.75, 3.05) is 0 Å². The van der Waals surface area contributed by atoms with Crippen LogP contribution in [0.25, 0.3) is 11.3 Å². The molecule has 1 atom stereocenters. The zero-order chi connectivity index (χ0) is 20.0. The number of nitrogens with zero attached hydrogens (tertiary/aromatic N) is 1. The number of halogens is 3. The van der Waals surface area contributed by atoms with Gasteiger partial charge in [0.15, 0.2) is 0 Å². The van der Waals surface area contributed by atoms with E-state index in [1.807, 2.05) is 42.5 Å². The summed E-state index contributed by atoms with van der Waals surface area (Å²) in [5.41, 5.74) is 1.38. The number of pyridine rings is 1. The Morgan fingerprint density at radius 3 is 2.25 bits per heavy atom. The van der Waals surface area contributed by atoms with Gasteiger partial charge in [0.2, 0.25) is 0 Å². The second-order valence-electron chi connectivity index (χ2n) is 6.58. The Labute approximate surface area is 163 Å². The second kappa shape index (κ2) is 8.91. The lowest BCUT2D eigenvalue weighted by Gasteiger charge is -2.19. The van der Waals surface area contributed by atoms with E-state index in [2.05, 4.69) is 11.9 Å². The number of hydrogen-bond donors (Lipinski definition) is 0. The third kappa shape index (κ3) is 5.12. The van der Waals surface area contributed by atoms with Crippen LogP contribution in [0.1, 0.15) is 43.5 Å². The molecule has 0 saturated heterocycles. The van der Waals surface area contributed by atoms with E-state index in [-0.39, 0.29) is 6.10 Å². The Bertz CT molecular complexity index is 876. The van der Waals surface area contributed by atoms with Crippen molar-refractivity contribution in [1.82, 2.24) is 4.98 Å². The zero-order valence-corrected chi connectivity index (χ0v) is 15.6. The van der Waals surface area contributed by atoms with Crippen molar-refractivity contribution in [1.29, 1.82) is 0 Å². The van der Waals surface area contributed by atoms with Gasteiger partial charge in [0.25, 0.3) is 0 Å². The molecule has 0 amide bonds. The fraction of sp³-hybridized carbons (Fsp3) is 0.261. The van der Waals surface area contributed by atoms with Gasteiger partial charge in [0.05, 0.1) is 17.0 Å². The molecule has 0 unspecified atom stereocenters. The minimum atomic E-state index is -4.34. The first kappa shape index (κ1) is 19.9. The summed E-state index contributed by atoms with van der Waals surface area (Å²) in [7, 11) is 0. The molecule has 0 aliphatic rings. The van der Waals surface area contributed by atoms with Crippen LogP contribution < -0.4 is 4.74 Å². The second-order valence-corrected chi connectivity index (χ2v) is 6.58. The highest BCUT2D eigenvalue weighted by Crippen LogP contribution is 2.31. The Morgan fingerprint density at radius 1 is 0.893 bits per heavy atom. The molecule has 146 valence electrons. The van der Waals surface area contributed by atoms with E-state index in [4.69, 9.17) is 4.74 Å². The summed E-state index contributed by atoms with van der Waals surface area (Å²) in [5, 5.41) is 0. The third-order valence-corrected chi connectivity index (χ3v) is 4.45. The maximum absolute atomic E-state index is 12.8. The van der Waals surface area contributed by atoms with Gasteiger partial charge in [-0.1, -0.05) is 49.7 Å². The van der Waals surface area contributed by atoms with Gasteiger partial charge in [-0.3, -0.25) is 0 Å². The summed E-state index contributed by atoms with van der Waals surface area (Å²) in [4.78, 5) is 4.68. The van der Waals surface area contributed by atoms with Crippen LogP contribution in [0, 0.1) is 0 Å². The molecule has 0 saturated carbocycles. The van der Waals surface area contributed by atoms with E-state index < -0.39 is 11.7 Å². The minimum absolute atomic E-state index is 0.211. The average Bonchev–Trinajstić information content (AvgIpc) is 2.71. The first-order chi connectivity index (χ1) is 13.5. The van der Waals surface area contributed by atoms with E-state index in [1.165, 1.54) is 12.1 Å². The van der Waals surface area contributed by atoms with Crippen LogP contribution >= 0.6 is 0 Å². The summed E-state index contributed by atoms with van der Waals surface area (Å²) < 4.78 is 44.5. The molecule has 1 aromatic heterocycles. The number of alkyl halides is 3. The molecule has 2 aromatic carbocycles. The highest BCUT2D eigenvalue weighted by atomic mass is 19.4. The van der Waals surface area contributed by atoms with E-state index in [0.717, 1.165) is 42.8 Å². The number of ether oxygens (including phenoxy) is 1. The Balaban J connectivity index is 1.86. The highest BCUT2D eigenvalue weighted by Gasteiger charge is 2.30. The van der Waals surface area contributed by atoms with Gasteiger partial charge in [-0.2, -0.15) is 13.2 Å². The molecular formula is C23H22F3NO. The lowest BCUT2D eigenvalue weighted by Crippen LogP contribution is -2.10. The summed E-state index contributed by atoms with van der Waals surface area (Å²) in [6.45, 7) is 2.12. The molecule has 0 bridgehead atoms. The van der Waals surface area contributed by atoms with Crippen LogP contribution in [0.4, 0.5) is 13.2 Å². The Hall–Kier alpha value is -2.82. The number of hydrogen-bond acceptors (Lipinski definition) is 2. The van der Waals surface area contributed by atoms with Crippen LogP contribution in [0.5, 0.6) is 5.75 Å². The maximum atomic E-state index is 12.8. The van der Waals surface area contributed by atoms with Crippen LogP contribution in [-0.4, -0.2) is 4.98 Å². The molecule has 3 rings (SSSR count). The molecular weight excluding hydrogens is 363 g/mol. The molecule has 3 aromatic rings. The number of para-hydroxylation sites is 1. The van der Waals surface area contributed by atoms with Gasteiger partial charge < -0.3 is 4.74 Å². The summed E-state index contributed by atoms with van der Waals surface area (Å²) in [5.74, 6) is 0.769. The maximum Gasteiger partial charge on any atom is 0.416 e. The largest absolute Gasteiger partial charge is 0.484 e. The molecule has 0 aliphatic heterocycles. The lowest BCUT2D eigenvalue weighted by atomic mass is 10.1. The van der Waals surface area contributed by atoms with Crippen LogP contribution in [0.2, 0.25) is 0 Å². The van der Waals surface area contributed by atoms with Crippen molar-refractivity contribution in [2.24, 2.45) is 0 Å². The lowest BCUT2D eigenvalue weighted by molar-refractivity contribution is -0.137. The van der Waals surface area contributed by atoms with Crippen molar-refractivity contribution >= 4 is 0 Å². The number of aromatic nitrogens is 1. The van der Waals surface area contributed by atoms with E-state index in [9.17, 15) is 13.2 Å². The van der Waals surface area contributed by atoms with E-state index in [1.54, 1.807) is 6.07 Å². The van der Waals surface area contributed by atoms with Crippen molar-refractivity contribution < 1.29 is 17.9 Å². The van der Waals surface area contributed by atoms with Gasteiger partial charge in [0.1, 0.15) is 11.9 Å². The molecule has 0 spiro atoms. The van der Waals surface area contributed by atoms with Crippen molar-refractivity contribution in [3.8, 4) is 17.0 Å². The minimum Gasteiger partial charge on any atom is -0.484 e. The number of benzene rings is 2. The first-order valence-electron chi connectivity index (χ1n) is 9.33. The molecule has 2 nitrogen and oxygen atoms in total. The predicted octanol–water partition coefficient (Wildman–Crippen LogP) is 7.08. The van der Waals surface area contributed by atoms with Crippen LogP contribution in [0.15, 0.2) is 72.8 Å². The molecule has 0 radical (unpaired) electrons. The van der Waals surface area contributed by atoms with Gasteiger partial charge >= 0.3 is 6.18 Å². The van der Waals surface area contributed by atoms with E-state index >= 15 is 0 Å².